The van der Waals surface area contributed by atoms with Crippen LogP contribution in [0.4, 0.5) is 10.1 Å². The van der Waals surface area contributed by atoms with Crippen LogP contribution in [0, 0.1) is 5.82 Å². The summed E-state index contributed by atoms with van der Waals surface area (Å²) in [6.07, 6.45) is 0.0725. The van der Waals surface area contributed by atoms with E-state index in [2.05, 4.69) is 24.1 Å². The third kappa shape index (κ3) is 3.98. The van der Waals surface area contributed by atoms with Gasteiger partial charge in [0.25, 0.3) is 0 Å². The number of nitrogens with zero attached hydrogens (tertiary/aromatic N) is 1. The fraction of sp³-hybridized carbons (Fsp3) is 0.571. The van der Waals surface area contributed by atoms with E-state index in [0.29, 0.717) is 18.3 Å². The number of morpholine rings is 1. The maximum Gasteiger partial charge on any atom is 0.126 e. The molecule has 0 radical (unpaired) electrons. The zero-order chi connectivity index (χ0) is 14.7. The van der Waals surface area contributed by atoms with Crippen molar-refractivity contribution in [1.29, 1.82) is 0 Å². The van der Waals surface area contributed by atoms with Crippen LogP contribution in [0.25, 0.3) is 0 Å². The molecule has 1 aromatic rings. The summed E-state index contributed by atoms with van der Waals surface area (Å²) in [6, 6.07) is 3.00. The second kappa shape index (κ2) is 6.94. The van der Waals surface area contributed by atoms with E-state index in [0.717, 1.165) is 19.7 Å². The third-order valence-electron chi connectivity index (χ3n) is 3.41. The lowest BCUT2D eigenvalue weighted by Crippen LogP contribution is -2.48. The second-order valence-corrected chi connectivity index (χ2v) is 6.02. The molecule has 1 fully saturated rings. The topological polar surface area (TPSA) is 24.5 Å². The van der Waals surface area contributed by atoms with Gasteiger partial charge in [0.05, 0.1) is 28.4 Å². The van der Waals surface area contributed by atoms with Gasteiger partial charge in [-0.25, -0.2) is 4.39 Å². The molecule has 2 rings (SSSR count). The standard InChI is InChI=1S/C14H19Cl2FN2O/c1-9(2)19-3-4-20-11(8-19)7-18-14-12(15)5-10(17)6-13(14)16/h5-6,9,11,18H,3-4,7-8H2,1-2H3. The summed E-state index contributed by atoms with van der Waals surface area (Å²) >= 11 is 12.0. The summed E-state index contributed by atoms with van der Waals surface area (Å²) in [4.78, 5) is 2.36. The van der Waals surface area contributed by atoms with E-state index in [-0.39, 0.29) is 16.1 Å². The van der Waals surface area contributed by atoms with Gasteiger partial charge in [-0.15, -0.1) is 0 Å². The first kappa shape index (κ1) is 15.8. The van der Waals surface area contributed by atoms with E-state index < -0.39 is 5.82 Å². The molecule has 1 aromatic carbocycles. The summed E-state index contributed by atoms with van der Waals surface area (Å²) in [5, 5.41) is 3.72. The summed E-state index contributed by atoms with van der Waals surface area (Å²) in [5.41, 5.74) is 0.556. The molecule has 3 nitrogen and oxygen atoms in total. The largest absolute Gasteiger partial charge is 0.380 e. The molecular weight excluding hydrogens is 302 g/mol. The lowest BCUT2D eigenvalue weighted by Gasteiger charge is -2.35. The smallest absolute Gasteiger partial charge is 0.126 e. The number of anilines is 1. The average Bonchev–Trinajstić information content (AvgIpc) is 2.37. The van der Waals surface area contributed by atoms with Crippen LogP contribution in [0.15, 0.2) is 12.1 Å². The molecule has 20 heavy (non-hydrogen) atoms. The van der Waals surface area contributed by atoms with E-state index in [9.17, 15) is 4.39 Å². The summed E-state index contributed by atoms with van der Waals surface area (Å²) < 4.78 is 18.8. The van der Waals surface area contributed by atoms with Crippen LogP contribution >= 0.6 is 23.2 Å². The van der Waals surface area contributed by atoms with Crippen molar-refractivity contribution in [3.8, 4) is 0 Å². The fourth-order valence-corrected chi connectivity index (χ4v) is 2.86. The normalized spacial score (nSPS) is 20.4. The highest BCUT2D eigenvalue weighted by Gasteiger charge is 2.22. The van der Waals surface area contributed by atoms with Gasteiger partial charge >= 0.3 is 0 Å². The van der Waals surface area contributed by atoms with Crippen LogP contribution < -0.4 is 5.32 Å². The first-order chi connectivity index (χ1) is 9.47. The van der Waals surface area contributed by atoms with Crippen LogP contribution in [-0.2, 0) is 4.74 Å². The van der Waals surface area contributed by atoms with Crippen molar-refractivity contribution in [3.63, 3.8) is 0 Å². The van der Waals surface area contributed by atoms with Crippen LogP contribution in [0.2, 0.25) is 10.0 Å². The Labute approximate surface area is 129 Å². The van der Waals surface area contributed by atoms with Gasteiger partial charge in [0.1, 0.15) is 5.82 Å². The lowest BCUT2D eigenvalue weighted by atomic mass is 10.2. The Balaban J connectivity index is 1.95. The molecule has 1 aliphatic rings. The monoisotopic (exact) mass is 320 g/mol. The molecule has 0 amide bonds. The maximum atomic E-state index is 13.1. The van der Waals surface area contributed by atoms with E-state index in [1.54, 1.807) is 0 Å². The van der Waals surface area contributed by atoms with Crippen molar-refractivity contribution in [2.75, 3.05) is 31.6 Å². The zero-order valence-corrected chi connectivity index (χ0v) is 13.1. The molecule has 1 heterocycles. The minimum Gasteiger partial charge on any atom is -0.380 e. The van der Waals surface area contributed by atoms with Crippen LogP contribution in [0.5, 0.6) is 0 Å². The van der Waals surface area contributed by atoms with Crippen molar-refractivity contribution < 1.29 is 9.13 Å². The van der Waals surface area contributed by atoms with Crippen molar-refractivity contribution in [3.05, 3.63) is 28.0 Å². The van der Waals surface area contributed by atoms with E-state index >= 15 is 0 Å². The highest BCUT2D eigenvalue weighted by Crippen LogP contribution is 2.31. The van der Waals surface area contributed by atoms with Gasteiger partial charge in [0.2, 0.25) is 0 Å². The maximum absolute atomic E-state index is 13.1. The Morgan fingerprint density at radius 3 is 2.65 bits per heavy atom. The lowest BCUT2D eigenvalue weighted by molar-refractivity contribution is -0.0315. The van der Waals surface area contributed by atoms with Crippen molar-refractivity contribution in [2.45, 2.75) is 26.0 Å². The molecule has 112 valence electrons. The third-order valence-corrected chi connectivity index (χ3v) is 4.01. The SMILES string of the molecule is CC(C)N1CCOC(CNc2c(Cl)cc(F)cc2Cl)C1. The first-order valence-corrected chi connectivity index (χ1v) is 7.47. The Hall–Kier alpha value is -0.550. The number of benzene rings is 1. The van der Waals surface area contributed by atoms with Crippen LogP contribution in [-0.4, -0.2) is 43.3 Å². The summed E-state index contributed by atoms with van der Waals surface area (Å²) in [5.74, 6) is -0.439. The minimum atomic E-state index is -0.439. The number of rotatable bonds is 4. The molecular formula is C14H19Cl2FN2O. The molecule has 0 aromatic heterocycles. The predicted octanol–water partition coefficient (Wildman–Crippen LogP) is 3.65. The number of hydrogen-bond acceptors (Lipinski definition) is 3. The van der Waals surface area contributed by atoms with Crippen molar-refractivity contribution in [2.24, 2.45) is 0 Å². The first-order valence-electron chi connectivity index (χ1n) is 6.71. The van der Waals surface area contributed by atoms with Crippen molar-refractivity contribution >= 4 is 28.9 Å². The molecule has 1 N–H and O–H groups in total. The molecule has 6 heteroatoms. The number of nitrogens with one attached hydrogen (secondary N) is 1. The molecule has 1 aliphatic heterocycles. The highest BCUT2D eigenvalue weighted by molar-refractivity contribution is 6.39. The van der Waals surface area contributed by atoms with Gasteiger partial charge in [0, 0.05) is 25.7 Å². The van der Waals surface area contributed by atoms with Crippen LogP contribution in [0.3, 0.4) is 0 Å². The van der Waals surface area contributed by atoms with Gasteiger partial charge in [-0.05, 0) is 26.0 Å². The average molecular weight is 321 g/mol. The predicted molar refractivity (Wildman–Crippen MR) is 81.4 cm³/mol. The minimum absolute atomic E-state index is 0.0725. The second-order valence-electron chi connectivity index (χ2n) is 5.21. The number of halogens is 3. The number of hydrogen-bond donors (Lipinski definition) is 1. The Kier molecular flexibility index (Phi) is 5.49. The molecule has 0 aliphatic carbocycles. The number of ether oxygens (including phenoxy) is 1. The molecule has 1 unspecified atom stereocenters. The molecule has 0 saturated carbocycles. The van der Waals surface area contributed by atoms with E-state index in [4.69, 9.17) is 27.9 Å². The Morgan fingerprint density at radius 1 is 1.40 bits per heavy atom. The quantitative estimate of drug-likeness (QED) is 0.916. The highest BCUT2D eigenvalue weighted by atomic mass is 35.5. The Bertz CT molecular complexity index is 447. The van der Waals surface area contributed by atoms with Crippen molar-refractivity contribution in [1.82, 2.24) is 4.90 Å². The van der Waals surface area contributed by atoms with Gasteiger partial charge < -0.3 is 10.1 Å². The van der Waals surface area contributed by atoms with Gasteiger partial charge in [-0.2, -0.15) is 0 Å². The van der Waals surface area contributed by atoms with Gasteiger partial charge in [-0.3, -0.25) is 4.90 Å². The Morgan fingerprint density at radius 2 is 2.05 bits per heavy atom. The molecule has 0 spiro atoms. The molecule has 1 saturated heterocycles. The zero-order valence-electron chi connectivity index (χ0n) is 11.6. The molecule has 1 atom stereocenters. The van der Waals surface area contributed by atoms with Crippen LogP contribution in [0.1, 0.15) is 13.8 Å². The van der Waals surface area contributed by atoms with Gasteiger partial charge in [-0.1, -0.05) is 23.2 Å². The fourth-order valence-electron chi connectivity index (χ4n) is 2.26. The molecule has 0 bridgehead atoms. The summed E-state index contributed by atoms with van der Waals surface area (Å²) in [7, 11) is 0. The van der Waals surface area contributed by atoms with Gasteiger partial charge in [0.15, 0.2) is 0 Å². The summed E-state index contributed by atoms with van der Waals surface area (Å²) in [6.45, 7) is 7.46. The van der Waals surface area contributed by atoms with E-state index in [1.165, 1.54) is 12.1 Å². The van der Waals surface area contributed by atoms with E-state index in [1.807, 2.05) is 0 Å².